The molecule has 0 saturated carbocycles. The second-order valence-electron chi connectivity index (χ2n) is 7.18. The smallest absolute Gasteiger partial charge is 0.246 e. The molecular formula is C24H24N4O. The average Bonchev–Trinajstić information content (AvgIpc) is 3.03. The number of carbonyl (C=O) groups excluding carboxylic acids is 1. The van der Waals surface area contributed by atoms with Crippen molar-refractivity contribution in [3.8, 4) is 5.69 Å². The summed E-state index contributed by atoms with van der Waals surface area (Å²) in [7, 11) is 0. The molecule has 4 aromatic rings. The Balaban J connectivity index is 1.54. The van der Waals surface area contributed by atoms with Gasteiger partial charge in [0.15, 0.2) is 0 Å². The molecule has 2 N–H and O–H groups in total. The molecule has 0 aliphatic heterocycles. The molecule has 0 unspecified atom stereocenters. The second kappa shape index (κ2) is 7.80. The van der Waals surface area contributed by atoms with Crippen molar-refractivity contribution in [2.24, 2.45) is 0 Å². The minimum atomic E-state index is -0.417. The number of carbonyl (C=O) groups is 1. The number of hydrogen-bond donors (Lipinski definition) is 2. The first kappa shape index (κ1) is 18.7. The fourth-order valence-corrected chi connectivity index (χ4v) is 3.53. The lowest BCUT2D eigenvalue weighted by Gasteiger charge is -2.17. The number of nitrogens with zero attached hydrogens (tertiary/aromatic N) is 2. The molecule has 0 aliphatic rings. The fourth-order valence-electron chi connectivity index (χ4n) is 3.53. The highest BCUT2D eigenvalue weighted by molar-refractivity contribution is 6.04. The lowest BCUT2D eigenvalue weighted by molar-refractivity contribution is -0.116. The highest BCUT2D eigenvalue weighted by Crippen LogP contribution is 2.25. The first-order chi connectivity index (χ1) is 14.0. The van der Waals surface area contributed by atoms with Crippen LogP contribution in [0.1, 0.15) is 18.3 Å². The molecule has 0 fully saturated rings. The van der Waals surface area contributed by atoms with Crippen LogP contribution in [0.3, 0.4) is 0 Å². The molecule has 0 aliphatic carbocycles. The van der Waals surface area contributed by atoms with Gasteiger partial charge in [-0.3, -0.25) is 4.79 Å². The van der Waals surface area contributed by atoms with Crippen molar-refractivity contribution in [3.63, 3.8) is 0 Å². The molecule has 5 heteroatoms. The average molecular weight is 384 g/mol. The molecule has 0 bridgehead atoms. The number of para-hydroxylation sites is 1. The SMILES string of the molecule is Cc1nn(-c2ccccc2)c(C)c1N[C@@H](C)C(=O)Nc1cccc2ccccc12. The number of fused-ring (bicyclic) bond motifs is 1. The van der Waals surface area contributed by atoms with Gasteiger partial charge in [-0.05, 0) is 44.4 Å². The third-order valence-corrected chi connectivity index (χ3v) is 5.09. The van der Waals surface area contributed by atoms with E-state index in [9.17, 15) is 4.79 Å². The number of aryl methyl sites for hydroxylation is 1. The molecule has 29 heavy (non-hydrogen) atoms. The summed E-state index contributed by atoms with van der Waals surface area (Å²) in [4.78, 5) is 12.9. The van der Waals surface area contributed by atoms with Crippen molar-refractivity contribution in [1.29, 1.82) is 0 Å². The van der Waals surface area contributed by atoms with Crippen LogP contribution in [0.2, 0.25) is 0 Å². The molecule has 4 rings (SSSR count). The highest BCUT2D eigenvalue weighted by atomic mass is 16.2. The van der Waals surface area contributed by atoms with Gasteiger partial charge in [0.25, 0.3) is 0 Å². The van der Waals surface area contributed by atoms with E-state index in [1.165, 1.54) is 0 Å². The Kier molecular flexibility index (Phi) is 5.04. The van der Waals surface area contributed by atoms with Gasteiger partial charge >= 0.3 is 0 Å². The number of anilines is 2. The maximum atomic E-state index is 12.9. The summed E-state index contributed by atoms with van der Waals surface area (Å²) in [5.41, 5.74) is 4.52. The molecular weight excluding hydrogens is 360 g/mol. The number of aromatic nitrogens is 2. The zero-order valence-electron chi connectivity index (χ0n) is 16.8. The quantitative estimate of drug-likeness (QED) is 0.504. The van der Waals surface area contributed by atoms with Gasteiger partial charge in [-0.2, -0.15) is 5.10 Å². The molecule has 1 aromatic heterocycles. The molecule has 3 aromatic carbocycles. The van der Waals surface area contributed by atoms with E-state index in [4.69, 9.17) is 0 Å². The van der Waals surface area contributed by atoms with Crippen molar-refractivity contribution in [3.05, 3.63) is 84.2 Å². The van der Waals surface area contributed by atoms with Gasteiger partial charge in [-0.1, -0.05) is 54.6 Å². The Morgan fingerprint density at radius 2 is 1.62 bits per heavy atom. The van der Waals surface area contributed by atoms with Gasteiger partial charge in [0.2, 0.25) is 5.91 Å². The van der Waals surface area contributed by atoms with E-state index >= 15 is 0 Å². The van der Waals surface area contributed by atoms with E-state index in [1.807, 2.05) is 98.2 Å². The van der Waals surface area contributed by atoms with E-state index in [0.717, 1.165) is 39.2 Å². The number of benzene rings is 3. The minimum Gasteiger partial charge on any atom is -0.371 e. The Morgan fingerprint density at radius 3 is 2.41 bits per heavy atom. The van der Waals surface area contributed by atoms with E-state index in [0.29, 0.717) is 0 Å². The van der Waals surface area contributed by atoms with Gasteiger partial charge in [0, 0.05) is 11.1 Å². The molecule has 146 valence electrons. The van der Waals surface area contributed by atoms with E-state index in [-0.39, 0.29) is 5.91 Å². The first-order valence-corrected chi connectivity index (χ1v) is 9.71. The lowest BCUT2D eigenvalue weighted by Crippen LogP contribution is -2.32. The molecule has 1 atom stereocenters. The van der Waals surface area contributed by atoms with Gasteiger partial charge < -0.3 is 10.6 Å². The van der Waals surface area contributed by atoms with Crippen LogP contribution < -0.4 is 10.6 Å². The number of amides is 1. The summed E-state index contributed by atoms with van der Waals surface area (Å²) >= 11 is 0. The predicted octanol–water partition coefficient (Wildman–Crippen LogP) is 5.08. The number of hydrogen-bond acceptors (Lipinski definition) is 3. The van der Waals surface area contributed by atoms with E-state index < -0.39 is 6.04 Å². The maximum Gasteiger partial charge on any atom is 0.246 e. The summed E-state index contributed by atoms with van der Waals surface area (Å²) in [6.07, 6.45) is 0. The van der Waals surface area contributed by atoms with E-state index in [1.54, 1.807) is 0 Å². The predicted molar refractivity (Wildman–Crippen MR) is 119 cm³/mol. The molecule has 1 amide bonds. The van der Waals surface area contributed by atoms with Gasteiger partial charge in [0.1, 0.15) is 6.04 Å². The summed E-state index contributed by atoms with van der Waals surface area (Å²) < 4.78 is 1.90. The first-order valence-electron chi connectivity index (χ1n) is 9.71. The van der Waals surface area contributed by atoms with Crippen LogP contribution in [0.15, 0.2) is 72.8 Å². The normalized spacial score (nSPS) is 12.0. The molecule has 0 saturated heterocycles. The summed E-state index contributed by atoms with van der Waals surface area (Å²) in [6.45, 7) is 5.81. The van der Waals surface area contributed by atoms with Crippen molar-refractivity contribution in [2.45, 2.75) is 26.8 Å². The molecule has 0 spiro atoms. The second-order valence-corrected chi connectivity index (χ2v) is 7.18. The van der Waals surface area contributed by atoms with Crippen molar-refractivity contribution >= 4 is 28.1 Å². The number of rotatable bonds is 5. The largest absolute Gasteiger partial charge is 0.371 e. The zero-order chi connectivity index (χ0) is 20.4. The molecule has 0 radical (unpaired) electrons. The van der Waals surface area contributed by atoms with Gasteiger partial charge in [-0.25, -0.2) is 4.68 Å². The fraction of sp³-hybridized carbons (Fsp3) is 0.167. The molecule has 5 nitrogen and oxygen atoms in total. The highest BCUT2D eigenvalue weighted by Gasteiger charge is 2.19. The van der Waals surface area contributed by atoms with E-state index in [2.05, 4.69) is 15.7 Å². The van der Waals surface area contributed by atoms with Crippen LogP contribution >= 0.6 is 0 Å². The van der Waals surface area contributed by atoms with Gasteiger partial charge in [-0.15, -0.1) is 0 Å². The Hall–Kier alpha value is -3.60. The third kappa shape index (κ3) is 3.72. The van der Waals surface area contributed by atoms with Crippen molar-refractivity contribution in [1.82, 2.24) is 9.78 Å². The van der Waals surface area contributed by atoms with Crippen LogP contribution in [0, 0.1) is 13.8 Å². The van der Waals surface area contributed by atoms with Crippen LogP contribution in [0.25, 0.3) is 16.5 Å². The van der Waals surface area contributed by atoms with Crippen molar-refractivity contribution in [2.75, 3.05) is 10.6 Å². The topological polar surface area (TPSA) is 59.0 Å². The third-order valence-electron chi connectivity index (χ3n) is 5.09. The minimum absolute atomic E-state index is 0.0902. The Labute approximate surface area is 170 Å². The summed E-state index contributed by atoms with van der Waals surface area (Å²) in [6, 6.07) is 23.5. The van der Waals surface area contributed by atoms with Crippen LogP contribution in [0.4, 0.5) is 11.4 Å². The lowest BCUT2D eigenvalue weighted by atomic mass is 10.1. The Morgan fingerprint density at radius 1 is 0.931 bits per heavy atom. The molecule has 1 heterocycles. The number of nitrogens with one attached hydrogen (secondary N) is 2. The van der Waals surface area contributed by atoms with Crippen LogP contribution in [-0.2, 0) is 4.79 Å². The van der Waals surface area contributed by atoms with Gasteiger partial charge in [0.05, 0.1) is 22.8 Å². The van der Waals surface area contributed by atoms with Crippen LogP contribution in [-0.4, -0.2) is 21.7 Å². The van der Waals surface area contributed by atoms with Crippen LogP contribution in [0.5, 0.6) is 0 Å². The maximum absolute atomic E-state index is 12.9. The van der Waals surface area contributed by atoms with Crippen molar-refractivity contribution < 1.29 is 4.79 Å². The Bertz CT molecular complexity index is 1160. The summed E-state index contributed by atoms with van der Waals surface area (Å²) in [5.74, 6) is -0.0902. The summed E-state index contributed by atoms with van der Waals surface area (Å²) in [5, 5.41) is 13.2. The standard InChI is InChI=1S/C24H24N4O/c1-16-23(18(3)28(27-16)20-12-5-4-6-13-20)25-17(2)24(29)26-22-15-9-11-19-10-7-8-14-21(19)22/h4-15,17,25H,1-3H3,(H,26,29)/t17-/m0/s1. The monoisotopic (exact) mass is 384 g/mol. The zero-order valence-corrected chi connectivity index (χ0v) is 16.8.